The van der Waals surface area contributed by atoms with E-state index in [0.29, 0.717) is 15.7 Å². The number of hydrazone groups is 1. The van der Waals surface area contributed by atoms with Crippen LogP contribution >= 0.6 is 22.9 Å². The highest BCUT2D eigenvalue weighted by Gasteiger charge is 2.13. The largest absolute Gasteiger partial charge is 0.329 e. The minimum Gasteiger partial charge on any atom is -0.318 e. The van der Waals surface area contributed by atoms with Crippen LogP contribution in [0.4, 0.5) is 5.69 Å². The number of halogens is 1. The van der Waals surface area contributed by atoms with Crippen LogP contribution in [-0.4, -0.2) is 17.5 Å². The number of anilines is 1. The lowest BCUT2D eigenvalue weighted by molar-refractivity contribution is -0.136. The van der Waals surface area contributed by atoms with Gasteiger partial charge in [-0.15, -0.1) is 11.3 Å². The van der Waals surface area contributed by atoms with Gasteiger partial charge in [-0.3, -0.25) is 9.59 Å². The van der Waals surface area contributed by atoms with E-state index in [1.165, 1.54) is 11.3 Å². The molecular weight excluding hydrogens is 322 g/mol. The van der Waals surface area contributed by atoms with Crippen molar-refractivity contribution in [3.05, 3.63) is 51.2 Å². The molecule has 2 N–H and O–H groups in total. The van der Waals surface area contributed by atoms with Gasteiger partial charge in [0.05, 0.1) is 14.9 Å². The van der Waals surface area contributed by atoms with E-state index in [0.717, 1.165) is 10.4 Å². The van der Waals surface area contributed by atoms with E-state index in [1.807, 2.05) is 19.1 Å². The van der Waals surface area contributed by atoms with Crippen LogP contribution in [0.1, 0.15) is 17.4 Å². The van der Waals surface area contributed by atoms with Gasteiger partial charge in [0.15, 0.2) is 0 Å². The van der Waals surface area contributed by atoms with Gasteiger partial charge < -0.3 is 5.32 Å². The number of amides is 2. The van der Waals surface area contributed by atoms with Crippen molar-refractivity contribution in [3.8, 4) is 0 Å². The standard InChI is InChI=1S/C15H14ClN3O2S/c1-9-3-5-11(6-4-9)17-14(20)15(21)19-18-10(2)12-7-8-13(16)22-12/h3-8H,1-2H3,(H,17,20)(H,19,21)/b18-10+. The van der Waals surface area contributed by atoms with Crippen molar-refractivity contribution in [1.29, 1.82) is 0 Å². The predicted octanol–water partition coefficient (Wildman–Crippen LogP) is 3.19. The Kier molecular flexibility index (Phi) is 5.30. The third kappa shape index (κ3) is 4.41. The fourth-order valence-electron chi connectivity index (χ4n) is 1.57. The van der Waals surface area contributed by atoms with Gasteiger partial charge in [-0.25, -0.2) is 5.43 Å². The number of hydrogen-bond donors (Lipinski definition) is 2. The molecule has 1 aromatic heterocycles. The van der Waals surface area contributed by atoms with E-state index in [1.54, 1.807) is 31.2 Å². The lowest BCUT2D eigenvalue weighted by Crippen LogP contribution is -2.32. The Bertz CT molecular complexity index is 723. The molecule has 0 bridgehead atoms. The van der Waals surface area contributed by atoms with Crippen molar-refractivity contribution in [2.45, 2.75) is 13.8 Å². The van der Waals surface area contributed by atoms with Crippen molar-refractivity contribution in [3.63, 3.8) is 0 Å². The fraction of sp³-hybridized carbons (Fsp3) is 0.133. The van der Waals surface area contributed by atoms with E-state index in [2.05, 4.69) is 15.8 Å². The molecule has 0 atom stereocenters. The second kappa shape index (κ2) is 7.20. The molecule has 0 radical (unpaired) electrons. The normalized spacial score (nSPS) is 11.1. The van der Waals surface area contributed by atoms with Gasteiger partial charge >= 0.3 is 11.8 Å². The molecule has 2 amide bonds. The third-order valence-corrected chi connectivity index (χ3v) is 4.11. The molecule has 0 saturated heterocycles. The van der Waals surface area contributed by atoms with Crippen LogP contribution in [0.15, 0.2) is 41.5 Å². The molecule has 0 aliphatic heterocycles. The monoisotopic (exact) mass is 335 g/mol. The van der Waals surface area contributed by atoms with Crippen molar-refractivity contribution in [1.82, 2.24) is 5.43 Å². The second-order valence-corrected chi connectivity index (χ2v) is 6.28. The summed E-state index contributed by atoms with van der Waals surface area (Å²) in [6, 6.07) is 10.7. The number of carbonyl (C=O) groups is 2. The van der Waals surface area contributed by atoms with Crippen LogP contribution in [0.3, 0.4) is 0 Å². The summed E-state index contributed by atoms with van der Waals surface area (Å²) in [6.07, 6.45) is 0. The van der Waals surface area contributed by atoms with Crippen LogP contribution in [0.2, 0.25) is 4.34 Å². The molecule has 1 heterocycles. The van der Waals surface area contributed by atoms with Gasteiger partial charge in [-0.05, 0) is 38.1 Å². The Labute approximate surface area is 137 Å². The predicted molar refractivity (Wildman–Crippen MR) is 89.5 cm³/mol. The molecule has 0 unspecified atom stereocenters. The fourth-order valence-corrected chi connectivity index (χ4v) is 2.56. The molecule has 7 heteroatoms. The summed E-state index contributed by atoms with van der Waals surface area (Å²) in [6.45, 7) is 3.66. The van der Waals surface area contributed by atoms with Crippen molar-refractivity contribution < 1.29 is 9.59 Å². The van der Waals surface area contributed by atoms with Crippen molar-refractivity contribution >= 4 is 46.2 Å². The summed E-state index contributed by atoms with van der Waals surface area (Å²) in [4.78, 5) is 24.3. The molecule has 5 nitrogen and oxygen atoms in total. The molecule has 1 aromatic carbocycles. The Morgan fingerprint density at radius 1 is 1.09 bits per heavy atom. The van der Waals surface area contributed by atoms with E-state index >= 15 is 0 Å². The van der Waals surface area contributed by atoms with Crippen LogP contribution < -0.4 is 10.7 Å². The molecule has 22 heavy (non-hydrogen) atoms. The van der Waals surface area contributed by atoms with Crippen LogP contribution in [0, 0.1) is 6.92 Å². The summed E-state index contributed by atoms with van der Waals surface area (Å²) in [5, 5.41) is 6.39. The number of rotatable bonds is 3. The number of thiophene rings is 1. The molecule has 2 aromatic rings. The maximum atomic E-state index is 11.7. The first kappa shape index (κ1) is 16.2. The highest BCUT2D eigenvalue weighted by molar-refractivity contribution is 7.18. The minimum atomic E-state index is -0.831. The number of aryl methyl sites for hydroxylation is 1. The summed E-state index contributed by atoms with van der Waals surface area (Å²) < 4.78 is 0.632. The Morgan fingerprint density at radius 3 is 2.36 bits per heavy atom. The van der Waals surface area contributed by atoms with Gasteiger partial charge in [0, 0.05) is 5.69 Å². The second-order valence-electron chi connectivity index (χ2n) is 4.56. The Balaban J connectivity index is 1.94. The van der Waals surface area contributed by atoms with E-state index < -0.39 is 11.8 Å². The smallest absolute Gasteiger partial charge is 0.318 e. The number of benzene rings is 1. The van der Waals surface area contributed by atoms with Crippen LogP contribution in [0.25, 0.3) is 0 Å². The average Bonchev–Trinajstić information content (AvgIpc) is 2.93. The number of hydrogen-bond acceptors (Lipinski definition) is 4. The van der Waals surface area contributed by atoms with Crippen LogP contribution in [0.5, 0.6) is 0 Å². The van der Waals surface area contributed by atoms with Gasteiger partial charge in [0.25, 0.3) is 0 Å². The first-order valence-electron chi connectivity index (χ1n) is 6.43. The third-order valence-electron chi connectivity index (χ3n) is 2.77. The quantitative estimate of drug-likeness (QED) is 0.513. The lowest BCUT2D eigenvalue weighted by Gasteiger charge is -2.04. The number of nitrogens with one attached hydrogen (secondary N) is 2. The summed E-state index contributed by atoms with van der Waals surface area (Å²) >= 11 is 7.17. The zero-order valence-corrected chi connectivity index (χ0v) is 13.6. The van der Waals surface area contributed by atoms with E-state index in [-0.39, 0.29) is 0 Å². The molecule has 0 spiro atoms. The van der Waals surface area contributed by atoms with Crippen molar-refractivity contribution in [2.24, 2.45) is 5.10 Å². The van der Waals surface area contributed by atoms with Gasteiger partial charge in [0.1, 0.15) is 0 Å². The SMILES string of the molecule is C/C(=N\NC(=O)C(=O)Nc1ccc(C)cc1)c1ccc(Cl)s1. The average molecular weight is 336 g/mol. The molecule has 2 rings (SSSR count). The molecule has 0 aliphatic rings. The molecule has 0 fully saturated rings. The highest BCUT2D eigenvalue weighted by atomic mass is 35.5. The summed E-state index contributed by atoms with van der Waals surface area (Å²) in [5.74, 6) is -1.60. The van der Waals surface area contributed by atoms with E-state index in [4.69, 9.17) is 11.6 Å². The minimum absolute atomic E-state index is 0.552. The summed E-state index contributed by atoms with van der Waals surface area (Å²) in [7, 11) is 0. The molecule has 0 aliphatic carbocycles. The molecule has 114 valence electrons. The first-order valence-corrected chi connectivity index (χ1v) is 7.63. The van der Waals surface area contributed by atoms with Gasteiger partial charge in [-0.2, -0.15) is 5.10 Å². The number of carbonyl (C=O) groups excluding carboxylic acids is 2. The van der Waals surface area contributed by atoms with Gasteiger partial charge in [0.2, 0.25) is 0 Å². The summed E-state index contributed by atoms with van der Waals surface area (Å²) in [5.41, 5.74) is 4.42. The molecule has 0 saturated carbocycles. The van der Waals surface area contributed by atoms with E-state index in [9.17, 15) is 9.59 Å². The zero-order chi connectivity index (χ0) is 16.1. The van der Waals surface area contributed by atoms with Crippen LogP contribution in [-0.2, 0) is 9.59 Å². The lowest BCUT2D eigenvalue weighted by atomic mass is 10.2. The van der Waals surface area contributed by atoms with Gasteiger partial charge in [-0.1, -0.05) is 29.3 Å². The van der Waals surface area contributed by atoms with Crippen molar-refractivity contribution in [2.75, 3.05) is 5.32 Å². The topological polar surface area (TPSA) is 70.6 Å². The Morgan fingerprint density at radius 2 is 1.77 bits per heavy atom. The zero-order valence-electron chi connectivity index (χ0n) is 12.0. The molecular formula is C15H14ClN3O2S. The Hall–Kier alpha value is -2.18. The first-order chi connectivity index (χ1) is 10.5. The highest BCUT2D eigenvalue weighted by Crippen LogP contribution is 2.21. The maximum Gasteiger partial charge on any atom is 0.329 e. The maximum absolute atomic E-state index is 11.7. The number of nitrogens with zero attached hydrogens (tertiary/aromatic N) is 1.